The first-order valence-corrected chi connectivity index (χ1v) is 11.9. The number of hydrogen-bond acceptors (Lipinski definition) is 1. The van der Waals surface area contributed by atoms with Gasteiger partial charge in [0.2, 0.25) is 0 Å². The monoisotopic (exact) mass is 482 g/mol. The van der Waals surface area contributed by atoms with Crippen molar-refractivity contribution in [1.82, 2.24) is 0 Å². The Hall–Kier alpha value is -2.44. The quantitative estimate of drug-likeness (QED) is 0.283. The highest BCUT2D eigenvalue weighted by Crippen LogP contribution is 2.60. The Kier molecular flexibility index (Phi) is 6.76. The van der Waals surface area contributed by atoms with Crippen LogP contribution in [0.15, 0.2) is 30.3 Å². The molecule has 0 N–H and O–H groups in total. The van der Waals surface area contributed by atoms with Crippen molar-refractivity contribution in [3.05, 3.63) is 58.7 Å². The summed E-state index contributed by atoms with van der Waals surface area (Å²) in [7, 11) is 0. The third-order valence-corrected chi connectivity index (χ3v) is 6.94. The molecule has 0 saturated heterocycles. The van der Waals surface area contributed by atoms with Crippen LogP contribution in [0, 0.1) is 17.6 Å². The van der Waals surface area contributed by atoms with E-state index < -0.39 is 51.5 Å². The van der Waals surface area contributed by atoms with Crippen molar-refractivity contribution < 1.29 is 31.1 Å². The Morgan fingerprint density at radius 1 is 0.853 bits per heavy atom. The number of benzene rings is 2. The van der Waals surface area contributed by atoms with Crippen LogP contribution in [0.25, 0.3) is 16.7 Å². The molecule has 0 aromatic heterocycles. The summed E-state index contributed by atoms with van der Waals surface area (Å²) in [6.45, 7) is 3.62. The predicted molar refractivity (Wildman–Crippen MR) is 120 cm³/mol. The minimum atomic E-state index is -4.95. The summed E-state index contributed by atoms with van der Waals surface area (Å²) in [4.78, 5) is 0. The second kappa shape index (κ2) is 9.31. The molecule has 4 rings (SSSR count). The van der Waals surface area contributed by atoms with E-state index in [-0.39, 0.29) is 12.2 Å². The molecule has 7 heteroatoms. The number of hydrogen-bond donors (Lipinski definition) is 0. The van der Waals surface area contributed by atoms with E-state index in [2.05, 4.69) is 6.92 Å². The molecule has 1 unspecified atom stereocenters. The van der Waals surface area contributed by atoms with Gasteiger partial charge in [-0.05, 0) is 60.9 Å². The van der Waals surface area contributed by atoms with E-state index in [9.17, 15) is 4.39 Å². The van der Waals surface area contributed by atoms with Gasteiger partial charge >= 0.3 is 11.8 Å². The molecule has 0 spiro atoms. The molecular weight excluding hydrogens is 454 g/mol. The molecule has 184 valence electrons. The van der Waals surface area contributed by atoms with E-state index >= 15 is 22.0 Å². The first-order valence-electron chi connectivity index (χ1n) is 11.9. The lowest BCUT2D eigenvalue weighted by molar-refractivity contribution is -0.227. The Labute approximate surface area is 195 Å². The molecule has 0 fully saturated rings. The molecule has 0 radical (unpaired) electrons. The highest BCUT2D eigenvalue weighted by Gasteiger charge is 2.65. The number of fused-ring (bicyclic) bond motifs is 3. The van der Waals surface area contributed by atoms with Crippen molar-refractivity contribution in [2.75, 3.05) is 6.61 Å². The molecule has 2 aliphatic rings. The van der Waals surface area contributed by atoms with E-state index in [0.29, 0.717) is 24.3 Å². The second-order valence-electron chi connectivity index (χ2n) is 9.10. The van der Waals surface area contributed by atoms with Gasteiger partial charge in [-0.15, -0.1) is 0 Å². The van der Waals surface area contributed by atoms with E-state index in [1.807, 2.05) is 6.08 Å². The van der Waals surface area contributed by atoms with Crippen LogP contribution in [0.2, 0.25) is 0 Å². The average Bonchev–Trinajstić information content (AvgIpc) is 2.80. The highest BCUT2D eigenvalue weighted by atomic mass is 19.3. The van der Waals surface area contributed by atoms with Crippen molar-refractivity contribution in [3.63, 3.8) is 0 Å². The lowest BCUT2D eigenvalue weighted by Crippen LogP contribution is -2.41. The molecule has 1 nitrogen and oxygen atoms in total. The van der Waals surface area contributed by atoms with Gasteiger partial charge in [0, 0.05) is 5.56 Å². The summed E-state index contributed by atoms with van der Waals surface area (Å²) in [6, 6.07) is 4.74. The van der Waals surface area contributed by atoms with Gasteiger partial charge in [0.25, 0.3) is 0 Å². The van der Waals surface area contributed by atoms with Crippen molar-refractivity contribution in [1.29, 1.82) is 0 Å². The molecule has 0 amide bonds. The fraction of sp³-hybridized carbons (Fsp3) is 0.481. The number of ether oxygens (including phenoxy) is 1. The molecule has 2 aromatic carbocycles. The zero-order valence-corrected chi connectivity index (χ0v) is 19.3. The zero-order chi connectivity index (χ0) is 24.7. The Bertz CT molecular complexity index is 1100. The van der Waals surface area contributed by atoms with Crippen LogP contribution in [0.1, 0.15) is 75.5 Å². The number of unbranched alkanes of at least 4 members (excludes halogenated alkanes) is 2. The van der Waals surface area contributed by atoms with Gasteiger partial charge in [-0.1, -0.05) is 50.8 Å². The summed E-state index contributed by atoms with van der Waals surface area (Å²) < 4.78 is 95.9. The number of halogens is 6. The van der Waals surface area contributed by atoms with E-state index in [0.717, 1.165) is 44.2 Å². The Morgan fingerprint density at radius 2 is 1.47 bits per heavy atom. The van der Waals surface area contributed by atoms with Gasteiger partial charge in [0.05, 0.1) is 17.7 Å². The fourth-order valence-electron chi connectivity index (χ4n) is 5.10. The summed E-state index contributed by atoms with van der Waals surface area (Å²) in [5.74, 6) is -12.9. The zero-order valence-electron chi connectivity index (χ0n) is 19.3. The molecule has 2 aromatic rings. The van der Waals surface area contributed by atoms with Gasteiger partial charge < -0.3 is 4.74 Å². The molecule has 0 heterocycles. The van der Waals surface area contributed by atoms with Crippen LogP contribution in [-0.2, 0) is 11.8 Å². The van der Waals surface area contributed by atoms with E-state index in [4.69, 9.17) is 4.74 Å². The van der Waals surface area contributed by atoms with Gasteiger partial charge in [0.1, 0.15) is 5.82 Å². The topological polar surface area (TPSA) is 9.23 Å². The lowest BCUT2D eigenvalue weighted by Gasteiger charge is -2.36. The molecule has 0 bridgehead atoms. The van der Waals surface area contributed by atoms with Gasteiger partial charge in [-0.2, -0.15) is 17.6 Å². The smallest absolute Gasteiger partial charge is 0.343 e. The summed E-state index contributed by atoms with van der Waals surface area (Å²) in [5.41, 5.74) is -3.26. The maximum Gasteiger partial charge on any atom is 0.343 e. The second-order valence-corrected chi connectivity index (χ2v) is 9.10. The van der Waals surface area contributed by atoms with Crippen molar-refractivity contribution in [2.24, 2.45) is 5.92 Å². The molecule has 2 aliphatic carbocycles. The molecule has 0 aliphatic heterocycles. The number of alkyl halides is 4. The first-order chi connectivity index (χ1) is 16.1. The summed E-state index contributed by atoms with van der Waals surface area (Å²) in [6.07, 6.45) is 8.27. The Balaban J connectivity index is 1.78. The molecular formula is C27H28F6O. The van der Waals surface area contributed by atoms with Crippen LogP contribution < -0.4 is 4.74 Å². The van der Waals surface area contributed by atoms with Crippen molar-refractivity contribution in [3.8, 4) is 16.9 Å². The Morgan fingerprint density at radius 3 is 2.06 bits per heavy atom. The lowest BCUT2D eigenvalue weighted by atomic mass is 9.77. The minimum absolute atomic E-state index is 0.0270. The van der Waals surface area contributed by atoms with Crippen LogP contribution >= 0.6 is 0 Å². The van der Waals surface area contributed by atoms with Crippen LogP contribution in [-0.4, -0.2) is 6.61 Å². The van der Waals surface area contributed by atoms with Crippen LogP contribution in [0.3, 0.4) is 0 Å². The van der Waals surface area contributed by atoms with Crippen molar-refractivity contribution in [2.45, 2.75) is 70.6 Å². The third kappa shape index (κ3) is 3.91. The predicted octanol–water partition coefficient (Wildman–Crippen LogP) is 8.99. The maximum absolute atomic E-state index is 15.5. The van der Waals surface area contributed by atoms with Crippen LogP contribution in [0.4, 0.5) is 26.3 Å². The van der Waals surface area contributed by atoms with Crippen molar-refractivity contribution >= 4 is 5.57 Å². The normalized spacial score (nSPS) is 20.4. The third-order valence-electron chi connectivity index (χ3n) is 6.94. The molecule has 0 saturated carbocycles. The van der Waals surface area contributed by atoms with Gasteiger partial charge in [-0.25, -0.2) is 8.78 Å². The summed E-state index contributed by atoms with van der Waals surface area (Å²) >= 11 is 0. The van der Waals surface area contributed by atoms with E-state index in [1.54, 1.807) is 0 Å². The average molecular weight is 483 g/mol. The SMILES string of the molecule is CCCCCC1CC=C(c2ccc3c(c2F)C(F)(F)C(F)(F)c2c-3ccc(OCC)c2F)CC1. The standard InChI is InChI=1S/C27H28F6O/c1-3-5-6-7-16-8-10-17(11-9-16)18-12-13-19-20-14-15-21(34-4-2)25(29)23(20)27(32,33)26(30,31)22(19)24(18)28/h10,12-16H,3-9,11H2,1-2H3. The van der Waals surface area contributed by atoms with Gasteiger partial charge in [0.15, 0.2) is 11.6 Å². The first kappa shape index (κ1) is 24.7. The van der Waals surface area contributed by atoms with E-state index in [1.165, 1.54) is 19.1 Å². The highest BCUT2D eigenvalue weighted by molar-refractivity contribution is 5.80. The largest absolute Gasteiger partial charge is 0.491 e. The van der Waals surface area contributed by atoms with Gasteiger partial charge in [-0.3, -0.25) is 0 Å². The number of allylic oxidation sites excluding steroid dienone is 2. The maximum atomic E-state index is 15.5. The molecule has 1 atom stereocenters. The number of rotatable bonds is 7. The van der Waals surface area contributed by atoms with Crippen LogP contribution in [0.5, 0.6) is 5.75 Å². The summed E-state index contributed by atoms with van der Waals surface area (Å²) in [5, 5.41) is 0. The molecule has 34 heavy (non-hydrogen) atoms. The fourth-order valence-corrected chi connectivity index (χ4v) is 5.10. The minimum Gasteiger partial charge on any atom is -0.491 e.